The lowest BCUT2D eigenvalue weighted by molar-refractivity contribution is 0.396. The standard InChI is InChI=1S/C12H22N4O/c1-16(2)9-5-4-8-14-11-7-6-10(13)12(15-11)17-3/h6-7H,4-5,8-9,13H2,1-3H3,(H,14,15). The second kappa shape index (κ2) is 6.96. The number of ether oxygens (including phenoxy) is 1. The van der Waals surface area contributed by atoms with E-state index in [4.69, 9.17) is 10.5 Å². The van der Waals surface area contributed by atoms with Crippen LogP contribution in [0.5, 0.6) is 5.88 Å². The third-order valence-electron chi connectivity index (χ3n) is 2.42. The highest BCUT2D eigenvalue weighted by atomic mass is 16.5. The number of nitrogen functional groups attached to an aromatic ring is 1. The van der Waals surface area contributed by atoms with E-state index in [2.05, 4.69) is 29.3 Å². The van der Waals surface area contributed by atoms with Crippen molar-refractivity contribution in [3.8, 4) is 5.88 Å². The average molecular weight is 238 g/mol. The summed E-state index contributed by atoms with van der Waals surface area (Å²) in [6.07, 6.45) is 2.29. The number of nitrogens with two attached hydrogens (primary N) is 1. The van der Waals surface area contributed by atoms with Crippen LogP contribution in [0.1, 0.15) is 12.8 Å². The lowest BCUT2D eigenvalue weighted by Gasteiger charge is -2.10. The smallest absolute Gasteiger partial charge is 0.238 e. The Labute approximate surface area is 103 Å². The lowest BCUT2D eigenvalue weighted by Crippen LogP contribution is -2.14. The minimum absolute atomic E-state index is 0.475. The van der Waals surface area contributed by atoms with Crippen molar-refractivity contribution >= 4 is 11.5 Å². The van der Waals surface area contributed by atoms with Gasteiger partial charge in [-0.3, -0.25) is 0 Å². The summed E-state index contributed by atoms with van der Waals surface area (Å²) in [7, 11) is 5.74. The molecule has 3 N–H and O–H groups in total. The van der Waals surface area contributed by atoms with Gasteiger partial charge in [0.2, 0.25) is 5.88 Å². The van der Waals surface area contributed by atoms with E-state index in [1.807, 2.05) is 6.07 Å². The van der Waals surface area contributed by atoms with Crippen LogP contribution in [0.4, 0.5) is 11.5 Å². The Bertz CT molecular complexity index is 341. The van der Waals surface area contributed by atoms with Crippen LogP contribution in [0.3, 0.4) is 0 Å². The van der Waals surface area contributed by atoms with Gasteiger partial charge in [-0.25, -0.2) is 0 Å². The van der Waals surface area contributed by atoms with Crippen molar-refractivity contribution in [2.75, 3.05) is 45.3 Å². The molecule has 17 heavy (non-hydrogen) atoms. The van der Waals surface area contributed by atoms with Gasteiger partial charge in [-0.1, -0.05) is 0 Å². The number of pyridine rings is 1. The normalized spacial score (nSPS) is 10.6. The third kappa shape index (κ3) is 4.91. The molecule has 1 rings (SSSR count). The fourth-order valence-corrected chi connectivity index (χ4v) is 1.48. The van der Waals surface area contributed by atoms with E-state index < -0.39 is 0 Å². The molecule has 1 aromatic rings. The summed E-state index contributed by atoms with van der Waals surface area (Å²) in [5.41, 5.74) is 6.25. The molecule has 0 unspecified atom stereocenters. The molecule has 1 heterocycles. The van der Waals surface area contributed by atoms with E-state index in [0.29, 0.717) is 11.6 Å². The summed E-state index contributed by atoms with van der Waals surface area (Å²) in [5, 5.41) is 3.26. The molecule has 0 atom stereocenters. The van der Waals surface area contributed by atoms with Gasteiger partial charge < -0.3 is 20.7 Å². The first-order valence-electron chi connectivity index (χ1n) is 5.82. The van der Waals surface area contributed by atoms with Gasteiger partial charge in [-0.15, -0.1) is 0 Å². The summed E-state index contributed by atoms with van der Waals surface area (Å²) in [6, 6.07) is 3.66. The highest BCUT2D eigenvalue weighted by Crippen LogP contribution is 2.19. The number of methoxy groups -OCH3 is 1. The number of hydrogen-bond donors (Lipinski definition) is 2. The largest absolute Gasteiger partial charge is 0.479 e. The average Bonchev–Trinajstić information content (AvgIpc) is 2.30. The van der Waals surface area contributed by atoms with Crippen molar-refractivity contribution < 1.29 is 4.74 Å². The molecule has 0 amide bonds. The van der Waals surface area contributed by atoms with Crippen LogP contribution in [0.15, 0.2) is 12.1 Å². The topological polar surface area (TPSA) is 63.4 Å². The van der Waals surface area contributed by atoms with Crippen molar-refractivity contribution in [3.63, 3.8) is 0 Å². The van der Waals surface area contributed by atoms with E-state index in [1.165, 1.54) is 6.42 Å². The van der Waals surface area contributed by atoms with Crippen LogP contribution < -0.4 is 15.8 Å². The molecule has 96 valence electrons. The highest BCUT2D eigenvalue weighted by Gasteiger charge is 2.02. The van der Waals surface area contributed by atoms with Crippen LogP contribution in [-0.2, 0) is 0 Å². The summed E-state index contributed by atoms with van der Waals surface area (Å²) < 4.78 is 5.06. The number of anilines is 2. The Balaban J connectivity index is 2.32. The maximum atomic E-state index is 5.69. The van der Waals surface area contributed by atoms with Crippen LogP contribution in [0.2, 0.25) is 0 Å². The van der Waals surface area contributed by atoms with Crippen molar-refractivity contribution in [2.24, 2.45) is 0 Å². The monoisotopic (exact) mass is 238 g/mol. The molecule has 0 aliphatic carbocycles. The van der Waals surface area contributed by atoms with Crippen molar-refractivity contribution in [1.82, 2.24) is 9.88 Å². The van der Waals surface area contributed by atoms with Gasteiger partial charge in [0.1, 0.15) is 5.82 Å². The SMILES string of the molecule is COc1nc(NCCCCN(C)C)ccc1N. The number of unbranched alkanes of at least 4 members (excludes halogenated alkanes) is 1. The van der Waals surface area contributed by atoms with Crippen LogP contribution in [-0.4, -0.2) is 44.2 Å². The molecule has 0 aliphatic rings. The van der Waals surface area contributed by atoms with Gasteiger partial charge in [0.25, 0.3) is 0 Å². The number of hydrogen-bond acceptors (Lipinski definition) is 5. The maximum Gasteiger partial charge on any atom is 0.238 e. The van der Waals surface area contributed by atoms with Gasteiger partial charge in [0.15, 0.2) is 0 Å². The molecular weight excluding hydrogens is 216 g/mol. The first-order valence-corrected chi connectivity index (χ1v) is 5.82. The maximum absolute atomic E-state index is 5.69. The molecule has 0 saturated heterocycles. The molecule has 1 aromatic heterocycles. The summed E-state index contributed by atoms with van der Waals surface area (Å²) in [5.74, 6) is 1.28. The minimum atomic E-state index is 0.475. The fourth-order valence-electron chi connectivity index (χ4n) is 1.48. The molecule has 0 spiro atoms. The van der Waals surface area contributed by atoms with Crippen LogP contribution >= 0.6 is 0 Å². The summed E-state index contributed by atoms with van der Waals surface area (Å²) >= 11 is 0. The molecular formula is C12H22N4O. The van der Waals surface area contributed by atoms with Crippen molar-refractivity contribution in [1.29, 1.82) is 0 Å². The number of aromatic nitrogens is 1. The first kappa shape index (κ1) is 13.6. The number of nitrogens with zero attached hydrogens (tertiary/aromatic N) is 2. The van der Waals surface area contributed by atoms with E-state index >= 15 is 0 Å². The number of nitrogens with one attached hydrogen (secondary N) is 1. The molecule has 0 aliphatic heterocycles. The first-order chi connectivity index (χ1) is 8.13. The summed E-state index contributed by atoms with van der Waals surface area (Å²) in [4.78, 5) is 6.44. The minimum Gasteiger partial charge on any atom is -0.479 e. The van der Waals surface area contributed by atoms with Gasteiger partial charge in [0, 0.05) is 6.54 Å². The Kier molecular flexibility index (Phi) is 5.56. The molecule has 0 aromatic carbocycles. The predicted octanol–water partition coefficient (Wildman–Crippen LogP) is 1.43. The Morgan fingerprint density at radius 3 is 2.76 bits per heavy atom. The Hall–Kier alpha value is -1.49. The molecule has 0 fully saturated rings. The molecule has 0 bridgehead atoms. The van der Waals surface area contributed by atoms with E-state index in [9.17, 15) is 0 Å². The fraction of sp³-hybridized carbons (Fsp3) is 0.583. The van der Waals surface area contributed by atoms with Gasteiger partial charge in [0.05, 0.1) is 12.8 Å². The van der Waals surface area contributed by atoms with Gasteiger partial charge in [-0.2, -0.15) is 4.98 Å². The van der Waals surface area contributed by atoms with E-state index in [0.717, 1.165) is 25.3 Å². The van der Waals surface area contributed by atoms with Crippen molar-refractivity contribution in [2.45, 2.75) is 12.8 Å². The molecule has 0 radical (unpaired) electrons. The Morgan fingerprint density at radius 2 is 2.12 bits per heavy atom. The van der Waals surface area contributed by atoms with Gasteiger partial charge >= 0.3 is 0 Å². The number of rotatable bonds is 7. The zero-order valence-electron chi connectivity index (χ0n) is 10.9. The van der Waals surface area contributed by atoms with Crippen LogP contribution in [0.25, 0.3) is 0 Å². The van der Waals surface area contributed by atoms with E-state index in [-0.39, 0.29) is 0 Å². The zero-order valence-corrected chi connectivity index (χ0v) is 10.9. The quantitative estimate of drug-likeness (QED) is 0.703. The Morgan fingerprint density at radius 1 is 1.35 bits per heavy atom. The zero-order chi connectivity index (χ0) is 12.7. The molecule has 0 saturated carbocycles. The second-order valence-electron chi connectivity index (χ2n) is 4.23. The van der Waals surface area contributed by atoms with Crippen LogP contribution in [0, 0.1) is 0 Å². The third-order valence-corrected chi connectivity index (χ3v) is 2.42. The second-order valence-corrected chi connectivity index (χ2v) is 4.23. The van der Waals surface area contributed by atoms with Gasteiger partial charge in [-0.05, 0) is 45.6 Å². The predicted molar refractivity (Wildman–Crippen MR) is 71.5 cm³/mol. The highest BCUT2D eigenvalue weighted by molar-refractivity contribution is 5.53. The molecule has 5 nitrogen and oxygen atoms in total. The van der Waals surface area contributed by atoms with Crippen molar-refractivity contribution in [3.05, 3.63) is 12.1 Å². The molecule has 5 heteroatoms. The summed E-state index contributed by atoms with van der Waals surface area (Å²) in [6.45, 7) is 2.02. The van der Waals surface area contributed by atoms with E-state index in [1.54, 1.807) is 13.2 Å². The lowest BCUT2D eigenvalue weighted by atomic mass is 10.3.